The molecule has 2 aromatic carbocycles. The number of sulfonamides is 1. The molecule has 5 rings (SSSR count). The Morgan fingerprint density at radius 1 is 1.03 bits per heavy atom. The lowest BCUT2D eigenvalue weighted by Gasteiger charge is -2.26. The van der Waals surface area contributed by atoms with Gasteiger partial charge in [0.05, 0.1) is 41.8 Å². The molecule has 0 N–H and O–H groups in total. The fraction of sp³-hybridized carbons (Fsp3) is 0.435. The molecule has 1 atom stereocenters. The van der Waals surface area contributed by atoms with Crippen molar-refractivity contribution in [1.82, 2.24) is 13.9 Å². The summed E-state index contributed by atoms with van der Waals surface area (Å²) >= 11 is 0.903. The van der Waals surface area contributed by atoms with Gasteiger partial charge >= 0.3 is 0 Å². The third-order valence-electron chi connectivity index (χ3n) is 6.25. The van der Waals surface area contributed by atoms with Gasteiger partial charge in [-0.25, -0.2) is 31.0 Å². The van der Waals surface area contributed by atoms with Crippen LogP contribution >= 0.6 is 11.8 Å². The molecule has 0 bridgehead atoms. The fourth-order valence-corrected chi connectivity index (χ4v) is 6.80. The van der Waals surface area contributed by atoms with Crippen LogP contribution in [0.4, 0.5) is 17.6 Å². The fourth-order valence-electron chi connectivity index (χ4n) is 4.35. The zero-order chi connectivity index (χ0) is 25.4. The number of nitrogens with zero attached hydrogens (tertiary/aromatic N) is 3. The first-order valence-corrected chi connectivity index (χ1v) is 13.8. The second-order valence-corrected chi connectivity index (χ2v) is 11.4. The van der Waals surface area contributed by atoms with Crippen molar-refractivity contribution in [3.05, 3.63) is 53.1 Å². The normalized spacial score (nSPS) is 19.4. The van der Waals surface area contributed by atoms with Crippen LogP contribution in [-0.4, -0.2) is 61.3 Å². The van der Waals surface area contributed by atoms with Crippen LogP contribution in [0.25, 0.3) is 11.0 Å². The Hall–Kier alpha value is -2.19. The Bertz CT molecular complexity index is 1360. The number of hydrogen-bond acceptors (Lipinski definition) is 6. The van der Waals surface area contributed by atoms with Crippen molar-refractivity contribution in [1.29, 1.82) is 0 Å². The average Bonchev–Trinajstić information content (AvgIpc) is 3.51. The smallest absolute Gasteiger partial charge is 0.243 e. The summed E-state index contributed by atoms with van der Waals surface area (Å²) in [6, 6.07) is 4.76. The van der Waals surface area contributed by atoms with Crippen molar-refractivity contribution in [2.75, 3.05) is 32.9 Å². The van der Waals surface area contributed by atoms with E-state index < -0.39 is 44.6 Å². The van der Waals surface area contributed by atoms with Crippen LogP contribution in [0.2, 0.25) is 0 Å². The highest BCUT2D eigenvalue weighted by Gasteiger charge is 2.28. The van der Waals surface area contributed by atoms with Crippen LogP contribution in [0, 0.1) is 23.3 Å². The standard InChI is InChI=1S/C23H23F4N3O4S2/c24-17-11-18(25)22(27)16(21(17)26)13-35-23-28-19-10-15(36(31,32)29-5-8-33-9-6-29)3-4-20(19)30(23)12-14-2-1-7-34-14/h3-4,10-11,14H,1-2,5-9,12-13H2/t14-/m1/s1. The predicted octanol–water partition coefficient (Wildman–Crippen LogP) is 4.08. The van der Waals surface area contributed by atoms with E-state index in [1.807, 2.05) is 0 Å². The monoisotopic (exact) mass is 545 g/mol. The van der Waals surface area contributed by atoms with Crippen LogP contribution in [0.3, 0.4) is 0 Å². The van der Waals surface area contributed by atoms with Gasteiger partial charge in [0.1, 0.15) is 0 Å². The molecule has 2 aliphatic rings. The molecule has 7 nitrogen and oxygen atoms in total. The van der Waals surface area contributed by atoms with Crippen molar-refractivity contribution in [3.8, 4) is 0 Å². The molecule has 0 radical (unpaired) electrons. The molecule has 2 aliphatic heterocycles. The maximum atomic E-state index is 14.2. The van der Waals surface area contributed by atoms with Gasteiger partial charge in [-0.3, -0.25) is 0 Å². The third kappa shape index (κ3) is 4.86. The summed E-state index contributed by atoms with van der Waals surface area (Å²) in [6.45, 7) is 2.11. The van der Waals surface area contributed by atoms with E-state index in [2.05, 4.69) is 4.98 Å². The molecule has 0 aliphatic carbocycles. The highest BCUT2D eigenvalue weighted by Crippen LogP contribution is 2.32. The van der Waals surface area contributed by atoms with Gasteiger partial charge in [0.15, 0.2) is 28.4 Å². The zero-order valence-electron chi connectivity index (χ0n) is 19.1. The Morgan fingerprint density at radius 3 is 2.42 bits per heavy atom. The van der Waals surface area contributed by atoms with E-state index in [4.69, 9.17) is 9.47 Å². The molecule has 13 heteroatoms. The molecule has 0 saturated carbocycles. The largest absolute Gasteiger partial charge is 0.379 e. The zero-order valence-corrected chi connectivity index (χ0v) is 20.7. The molecule has 0 amide bonds. The minimum atomic E-state index is -3.77. The van der Waals surface area contributed by atoms with Gasteiger partial charge in [0.2, 0.25) is 10.0 Å². The van der Waals surface area contributed by atoms with Crippen molar-refractivity contribution in [2.45, 2.75) is 41.3 Å². The number of hydrogen-bond donors (Lipinski definition) is 0. The maximum Gasteiger partial charge on any atom is 0.243 e. The van der Waals surface area contributed by atoms with E-state index in [9.17, 15) is 26.0 Å². The third-order valence-corrected chi connectivity index (χ3v) is 9.15. The molecule has 1 aromatic heterocycles. The van der Waals surface area contributed by atoms with Gasteiger partial charge in [-0.05, 0) is 31.0 Å². The number of halogens is 4. The number of rotatable bonds is 7. The number of morpholine rings is 1. The number of benzene rings is 2. The van der Waals surface area contributed by atoms with Gasteiger partial charge in [-0.1, -0.05) is 11.8 Å². The number of thioether (sulfide) groups is 1. The quantitative estimate of drug-likeness (QED) is 0.253. The topological polar surface area (TPSA) is 73.7 Å². The summed E-state index contributed by atoms with van der Waals surface area (Å²) in [5.74, 6) is -6.28. The Morgan fingerprint density at radius 2 is 1.75 bits per heavy atom. The highest BCUT2D eigenvalue weighted by molar-refractivity contribution is 7.98. The van der Waals surface area contributed by atoms with E-state index in [-0.39, 0.29) is 30.2 Å². The number of imidazole rings is 1. The van der Waals surface area contributed by atoms with E-state index >= 15 is 0 Å². The van der Waals surface area contributed by atoms with Crippen molar-refractivity contribution >= 4 is 32.8 Å². The first-order chi connectivity index (χ1) is 17.3. The summed E-state index contributed by atoms with van der Waals surface area (Å²) in [5.41, 5.74) is 0.250. The lowest BCUT2D eigenvalue weighted by molar-refractivity contribution is 0.0730. The maximum absolute atomic E-state index is 14.2. The van der Waals surface area contributed by atoms with Crippen LogP contribution in [0.5, 0.6) is 0 Å². The molecule has 194 valence electrons. The molecule has 3 heterocycles. The molecule has 2 saturated heterocycles. The van der Waals surface area contributed by atoms with E-state index in [1.54, 1.807) is 10.6 Å². The molecule has 3 aromatic rings. The Labute approximate surface area is 209 Å². The SMILES string of the molecule is O=S(=O)(c1ccc2c(c1)nc(SCc1c(F)c(F)cc(F)c1F)n2C[C@H]1CCCO1)N1CCOCC1. The van der Waals surface area contributed by atoms with Crippen molar-refractivity contribution in [3.63, 3.8) is 0 Å². The number of ether oxygens (including phenoxy) is 2. The second kappa shape index (κ2) is 10.3. The summed E-state index contributed by atoms with van der Waals surface area (Å²) in [5, 5.41) is 0.324. The number of aromatic nitrogens is 2. The first-order valence-electron chi connectivity index (χ1n) is 11.4. The average molecular weight is 546 g/mol. The van der Waals surface area contributed by atoms with Gasteiger partial charge in [0, 0.05) is 37.1 Å². The van der Waals surface area contributed by atoms with E-state index in [0.29, 0.717) is 42.6 Å². The van der Waals surface area contributed by atoms with E-state index in [0.717, 1.165) is 24.6 Å². The summed E-state index contributed by atoms with van der Waals surface area (Å²) in [4.78, 5) is 4.59. The Kier molecular flexibility index (Phi) is 7.27. The van der Waals surface area contributed by atoms with Crippen LogP contribution in [-0.2, 0) is 31.8 Å². The minimum absolute atomic E-state index is 0.0690. The van der Waals surface area contributed by atoms with Gasteiger partial charge in [-0.2, -0.15) is 4.31 Å². The van der Waals surface area contributed by atoms with Gasteiger partial charge in [-0.15, -0.1) is 0 Å². The van der Waals surface area contributed by atoms with Crippen LogP contribution in [0.15, 0.2) is 34.3 Å². The second-order valence-electron chi connectivity index (χ2n) is 8.54. The molecular formula is C23H23F4N3O4S2. The molecule has 0 unspecified atom stereocenters. The van der Waals surface area contributed by atoms with Crippen molar-refractivity contribution in [2.24, 2.45) is 0 Å². The number of fused-ring (bicyclic) bond motifs is 1. The predicted molar refractivity (Wildman–Crippen MR) is 124 cm³/mol. The molecule has 2 fully saturated rings. The van der Waals surface area contributed by atoms with Crippen LogP contribution < -0.4 is 0 Å². The summed E-state index contributed by atoms with van der Waals surface area (Å²) < 4.78 is 96.1. The summed E-state index contributed by atoms with van der Waals surface area (Å²) in [7, 11) is -3.77. The molecule has 36 heavy (non-hydrogen) atoms. The minimum Gasteiger partial charge on any atom is -0.379 e. The lowest BCUT2D eigenvalue weighted by Crippen LogP contribution is -2.40. The Balaban J connectivity index is 1.50. The van der Waals surface area contributed by atoms with Crippen molar-refractivity contribution < 1.29 is 35.5 Å². The summed E-state index contributed by atoms with van der Waals surface area (Å²) in [6.07, 6.45) is 1.59. The van der Waals surface area contributed by atoms with Gasteiger partial charge < -0.3 is 14.0 Å². The first kappa shape index (κ1) is 25.5. The highest BCUT2D eigenvalue weighted by atomic mass is 32.2. The van der Waals surface area contributed by atoms with Gasteiger partial charge in [0.25, 0.3) is 0 Å². The van der Waals surface area contributed by atoms with E-state index in [1.165, 1.54) is 16.4 Å². The molecule has 0 spiro atoms. The van der Waals surface area contributed by atoms with Crippen LogP contribution in [0.1, 0.15) is 18.4 Å². The lowest BCUT2D eigenvalue weighted by atomic mass is 10.2. The molecular weight excluding hydrogens is 522 g/mol.